The van der Waals surface area contributed by atoms with Gasteiger partial charge in [-0.1, -0.05) is 158 Å². The lowest BCUT2D eigenvalue weighted by molar-refractivity contribution is -0.870. The van der Waals surface area contributed by atoms with Crippen LogP contribution in [0.5, 0.6) is 0 Å². The molecule has 0 saturated heterocycles. The third-order valence-corrected chi connectivity index (χ3v) is 9.29. The minimum atomic E-state index is -1.51. The summed E-state index contributed by atoms with van der Waals surface area (Å²) in [6.07, 6.45) is 44.3. The second-order valence-corrected chi connectivity index (χ2v) is 16.0. The largest absolute Gasteiger partial charge is 0.477 e. The number of hydrogen-bond acceptors (Lipinski definition) is 7. The summed E-state index contributed by atoms with van der Waals surface area (Å²) in [4.78, 5) is 37.0. The van der Waals surface area contributed by atoms with Crippen LogP contribution in [0.25, 0.3) is 0 Å². The molecule has 0 saturated carbocycles. The first kappa shape index (κ1) is 54.0. The first-order valence-corrected chi connectivity index (χ1v) is 22.5. The SMILES string of the molecule is CC/C=C\C/C=C\C/C=C\C/C=C\C/C=C\CCCCCCCCCC(=O)OC(COC(=O)CCCCCCCCCCC)COC(OCC[N+](C)(C)C)C(=O)O. The predicted octanol–water partition coefficient (Wildman–Crippen LogP) is 11.8. The number of carbonyl (C=O) groups is 3. The van der Waals surface area contributed by atoms with Crippen molar-refractivity contribution >= 4 is 17.9 Å². The number of unbranched alkanes of at least 4 members (excludes halogenated alkanes) is 15. The molecule has 9 nitrogen and oxygen atoms in total. The number of ether oxygens (including phenoxy) is 4. The van der Waals surface area contributed by atoms with Gasteiger partial charge >= 0.3 is 17.9 Å². The maximum absolute atomic E-state index is 12.7. The van der Waals surface area contributed by atoms with Crippen molar-refractivity contribution in [3.63, 3.8) is 0 Å². The van der Waals surface area contributed by atoms with Gasteiger partial charge in [0.2, 0.25) is 0 Å². The quantitative estimate of drug-likeness (QED) is 0.0214. The summed E-state index contributed by atoms with van der Waals surface area (Å²) < 4.78 is 22.7. The number of carboxylic acid groups (broad SMARTS) is 1. The maximum atomic E-state index is 12.7. The molecule has 0 spiro atoms. The zero-order valence-corrected chi connectivity index (χ0v) is 37.0. The highest BCUT2D eigenvalue weighted by molar-refractivity contribution is 5.71. The highest BCUT2D eigenvalue weighted by Crippen LogP contribution is 2.13. The lowest BCUT2D eigenvalue weighted by Crippen LogP contribution is -2.40. The molecule has 0 radical (unpaired) electrons. The molecule has 0 aliphatic rings. The molecule has 0 rings (SSSR count). The third kappa shape index (κ3) is 41.0. The number of likely N-dealkylation sites (N-methyl/N-ethyl adjacent to an activating group) is 1. The van der Waals surface area contributed by atoms with E-state index in [1.165, 1.54) is 57.8 Å². The van der Waals surface area contributed by atoms with E-state index in [4.69, 9.17) is 18.9 Å². The Labute approximate surface area is 348 Å². The molecule has 0 aromatic heterocycles. The summed E-state index contributed by atoms with van der Waals surface area (Å²) in [5.41, 5.74) is 0. The maximum Gasteiger partial charge on any atom is 0.361 e. The van der Waals surface area contributed by atoms with E-state index < -0.39 is 24.3 Å². The number of allylic oxidation sites excluding steroid dienone is 10. The predicted molar refractivity (Wildman–Crippen MR) is 235 cm³/mol. The van der Waals surface area contributed by atoms with Gasteiger partial charge in [-0.15, -0.1) is 0 Å². The second-order valence-electron chi connectivity index (χ2n) is 16.0. The van der Waals surface area contributed by atoms with E-state index >= 15 is 0 Å². The molecule has 0 aromatic rings. The highest BCUT2D eigenvalue weighted by atomic mass is 16.7. The Morgan fingerprint density at radius 3 is 1.49 bits per heavy atom. The van der Waals surface area contributed by atoms with Gasteiger partial charge in [0, 0.05) is 12.8 Å². The first-order valence-electron chi connectivity index (χ1n) is 22.5. The Bertz CT molecular complexity index is 1120. The van der Waals surface area contributed by atoms with E-state index in [9.17, 15) is 19.5 Å². The van der Waals surface area contributed by atoms with Crippen molar-refractivity contribution in [3.8, 4) is 0 Å². The van der Waals surface area contributed by atoms with Crippen LogP contribution in [0.2, 0.25) is 0 Å². The molecule has 9 heteroatoms. The lowest BCUT2D eigenvalue weighted by atomic mass is 10.1. The lowest BCUT2D eigenvalue weighted by Gasteiger charge is -2.25. The van der Waals surface area contributed by atoms with Gasteiger partial charge in [-0.3, -0.25) is 9.59 Å². The number of carbonyl (C=O) groups excluding carboxylic acids is 2. The normalized spacial score (nSPS) is 13.5. The van der Waals surface area contributed by atoms with Gasteiger partial charge in [0.15, 0.2) is 6.10 Å². The number of hydrogen-bond donors (Lipinski definition) is 1. The Hall–Kier alpha value is -3.01. The van der Waals surface area contributed by atoms with E-state index in [-0.39, 0.29) is 32.2 Å². The molecule has 0 aliphatic heterocycles. The third-order valence-electron chi connectivity index (χ3n) is 9.29. The molecule has 0 heterocycles. The van der Waals surface area contributed by atoms with Crippen LogP contribution in [0.4, 0.5) is 0 Å². The van der Waals surface area contributed by atoms with Crippen LogP contribution in [-0.2, 0) is 33.3 Å². The fourth-order valence-electron chi connectivity index (χ4n) is 5.80. The smallest absolute Gasteiger partial charge is 0.361 e. The van der Waals surface area contributed by atoms with Gasteiger partial charge in [-0.25, -0.2) is 4.79 Å². The van der Waals surface area contributed by atoms with Gasteiger partial charge in [-0.2, -0.15) is 0 Å². The van der Waals surface area contributed by atoms with Crippen LogP contribution in [0.1, 0.15) is 168 Å². The van der Waals surface area contributed by atoms with Crippen LogP contribution in [0.3, 0.4) is 0 Å². The van der Waals surface area contributed by atoms with E-state index in [1.807, 2.05) is 21.1 Å². The zero-order chi connectivity index (χ0) is 42.1. The van der Waals surface area contributed by atoms with Crippen LogP contribution in [0, 0.1) is 0 Å². The standard InChI is InChI=1S/C48H83NO8/c1-6-8-10-12-14-16-17-18-19-20-21-22-23-24-25-26-27-28-29-31-33-35-37-39-46(51)57-44(43-56-48(47(52)53)54-41-40-49(3,4)5)42-55-45(50)38-36-34-32-30-15-13-11-9-7-2/h8,10,14,16,18-19,21-22,24-25,44,48H,6-7,9,11-13,15,17,20,23,26-43H2,1-5H3/p+1/b10-8-,16-14-,19-18-,22-21-,25-24-. The molecule has 328 valence electrons. The molecule has 1 N–H and O–H groups in total. The number of aliphatic carboxylic acids is 1. The molecular weight excluding hydrogens is 719 g/mol. The zero-order valence-electron chi connectivity index (χ0n) is 37.0. The summed E-state index contributed by atoms with van der Waals surface area (Å²) in [5, 5.41) is 9.62. The molecule has 0 bridgehead atoms. The first-order chi connectivity index (χ1) is 27.6. The van der Waals surface area contributed by atoms with Crippen LogP contribution in [0.15, 0.2) is 60.8 Å². The Kier molecular flexibility index (Phi) is 37.7. The minimum Gasteiger partial charge on any atom is -0.477 e. The summed E-state index contributed by atoms with van der Waals surface area (Å²) >= 11 is 0. The van der Waals surface area contributed by atoms with E-state index in [0.717, 1.165) is 77.0 Å². The fourth-order valence-corrected chi connectivity index (χ4v) is 5.80. The highest BCUT2D eigenvalue weighted by Gasteiger charge is 2.25. The van der Waals surface area contributed by atoms with E-state index in [0.29, 0.717) is 23.9 Å². The number of nitrogens with zero attached hydrogens (tertiary/aromatic N) is 1. The van der Waals surface area contributed by atoms with Crippen molar-refractivity contribution in [2.24, 2.45) is 0 Å². The molecular formula is C48H84NO8+. The minimum absolute atomic E-state index is 0.183. The summed E-state index contributed by atoms with van der Waals surface area (Å²) in [7, 11) is 5.94. The Morgan fingerprint density at radius 2 is 1.00 bits per heavy atom. The van der Waals surface area contributed by atoms with Crippen molar-refractivity contribution in [2.75, 3.05) is 47.5 Å². The number of carboxylic acids is 1. The molecule has 0 aromatic carbocycles. The monoisotopic (exact) mass is 803 g/mol. The molecule has 0 fully saturated rings. The summed E-state index contributed by atoms with van der Waals surface area (Å²) in [6, 6.07) is 0. The second kappa shape index (κ2) is 39.8. The topological polar surface area (TPSA) is 108 Å². The molecule has 0 amide bonds. The van der Waals surface area contributed by atoms with Crippen LogP contribution < -0.4 is 0 Å². The Balaban J connectivity index is 4.37. The van der Waals surface area contributed by atoms with E-state index in [2.05, 4.69) is 74.6 Å². The number of quaternary nitrogens is 1. The van der Waals surface area contributed by atoms with Crippen molar-refractivity contribution < 1.29 is 42.9 Å². The van der Waals surface area contributed by atoms with E-state index in [1.54, 1.807) is 0 Å². The number of rotatable bonds is 40. The summed E-state index contributed by atoms with van der Waals surface area (Å²) in [6.45, 7) is 4.70. The fraction of sp³-hybridized carbons (Fsp3) is 0.729. The van der Waals surface area contributed by atoms with Crippen LogP contribution >= 0.6 is 0 Å². The van der Waals surface area contributed by atoms with Gasteiger partial charge in [0.25, 0.3) is 6.29 Å². The van der Waals surface area contributed by atoms with Gasteiger partial charge < -0.3 is 28.5 Å². The molecule has 0 aliphatic carbocycles. The average molecular weight is 803 g/mol. The average Bonchev–Trinajstić information content (AvgIpc) is 3.17. The molecule has 2 unspecified atom stereocenters. The molecule has 2 atom stereocenters. The van der Waals surface area contributed by atoms with Crippen molar-refractivity contribution in [1.82, 2.24) is 0 Å². The van der Waals surface area contributed by atoms with Gasteiger partial charge in [0.1, 0.15) is 13.2 Å². The van der Waals surface area contributed by atoms with Crippen molar-refractivity contribution in [1.29, 1.82) is 0 Å². The Morgan fingerprint density at radius 1 is 0.544 bits per heavy atom. The number of esters is 2. The van der Waals surface area contributed by atoms with Gasteiger partial charge in [0.05, 0.1) is 34.4 Å². The van der Waals surface area contributed by atoms with Crippen molar-refractivity contribution in [3.05, 3.63) is 60.8 Å². The summed E-state index contributed by atoms with van der Waals surface area (Å²) in [5.74, 6) is -2.03. The van der Waals surface area contributed by atoms with Crippen LogP contribution in [-0.4, -0.2) is 87.4 Å². The van der Waals surface area contributed by atoms with Gasteiger partial charge in [-0.05, 0) is 57.8 Å². The molecule has 57 heavy (non-hydrogen) atoms. The van der Waals surface area contributed by atoms with Crippen molar-refractivity contribution in [2.45, 2.75) is 180 Å².